The fourth-order valence-electron chi connectivity index (χ4n) is 5.43. The van der Waals surface area contributed by atoms with Crippen LogP contribution in [0.1, 0.15) is 115 Å². The maximum Gasteiger partial charge on any atom is 0.326 e. The third-order valence-electron chi connectivity index (χ3n) is 7.96. The van der Waals surface area contributed by atoms with Crippen LogP contribution >= 0.6 is 0 Å². The van der Waals surface area contributed by atoms with E-state index in [9.17, 15) is 29.4 Å². The summed E-state index contributed by atoms with van der Waals surface area (Å²) in [6, 6.07) is 4.29. The minimum Gasteiger partial charge on any atom is -0.508 e. The number of carboxylic acid groups (broad SMARTS) is 1. The molecular formula is C34H53N3O6. The number of benzene rings is 1. The van der Waals surface area contributed by atoms with E-state index in [1.807, 2.05) is 0 Å². The van der Waals surface area contributed by atoms with E-state index in [4.69, 9.17) is 0 Å². The summed E-state index contributed by atoms with van der Waals surface area (Å²) >= 11 is 0. The van der Waals surface area contributed by atoms with Crippen LogP contribution in [0, 0.1) is 0 Å². The number of hydrogen-bond donors (Lipinski definition) is 4. The van der Waals surface area contributed by atoms with E-state index in [1.165, 1.54) is 63.5 Å². The van der Waals surface area contributed by atoms with Gasteiger partial charge in [0.15, 0.2) is 0 Å². The number of allylic oxidation sites excluding steroid dienone is 2. The largest absolute Gasteiger partial charge is 0.508 e. The molecule has 0 bridgehead atoms. The second-order valence-electron chi connectivity index (χ2n) is 11.6. The fraction of sp³-hybridized carbons (Fsp3) is 0.647. The van der Waals surface area contributed by atoms with Crippen molar-refractivity contribution in [2.24, 2.45) is 0 Å². The third-order valence-corrected chi connectivity index (χ3v) is 7.96. The lowest BCUT2D eigenvalue weighted by Crippen LogP contribution is -2.50. The van der Waals surface area contributed by atoms with Crippen molar-refractivity contribution < 1.29 is 29.4 Å². The standard InChI is InChI=1S/C34H53N3O6/c1-2-3-4-5-6-7-8-9-10-11-12-13-14-15-16-19-32(40)37-24-17-18-30(37)33(41)35-26-31(39)36-29(34(42)43)25-27-20-22-28(38)23-21-27/h9-10,20-23,29-30,38H,2-8,11-19,24-26H2,1H3,(H,35,41)(H,36,39)(H,42,43)/b10-9-/t29?,30-/m0/s1. The summed E-state index contributed by atoms with van der Waals surface area (Å²) in [6.45, 7) is 2.40. The molecular weight excluding hydrogens is 546 g/mol. The number of phenols is 1. The molecule has 1 unspecified atom stereocenters. The molecule has 4 N–H and O–H groups in total. The molecule has 0 aliphatic carbocycles. The molecule has 9 heteroatoms. The molecule has 0 radical (unpaired) electrons. The number of carbonyl (C=O) groups is 4. The summed E-state index contributed by atoms with van der Waals surface area (Å²) < 4.78 is 0. The predicted molar refractivity (Wildman–Crippen MR) is 169 cm³/mol. The zero-order valence-corrected chi connectivity index (χ0v) is 26.0. The predicted octanol–water partition coefficient (Wildman–Crippen LogP) is 5.65. The molecule has 0 saturated carbocycles. The summed E-state index contributed by atoms with van der Waals surface area (Å²) in [4.78, 5) is 51.2. The maximum atomic E-state index is 12.8. The number of rotatable bonds is 22. The number of likely N-dealkylation sites (tertiary alicyclic amines) is 1. The topological polar surface area (TPSA) is 136 Å². The number of aliphatic carboxylic acids is 1. The Kier molecular flexibility index (Phi) is 17.8. The third kappa shape index (κ3) is 15.1. The minimum atomic E-state index is -1.20. The molecule has 1 saturated heterocycles. The smallest absolute Gasteiger partial charge is 0.326 e. The second-order valence-corrected chi connectivity index (χ2v) is 11.6. The van der Waals surface area contributed by atoms with E-state index in [-0.39, 0.29) is 24.6 Å². The van der Waals surface area contributed by atoms with E-state index < -0.39 is 29.9 Å². The minimum absolute atomic E-state index is 0.0282. The Hall–Kier alpha value is -3.36. The van der Waals surface area contributed by atoms with Gasteiger partial charge in [0.25, 0.3) is 0 Å². The van der Waals surface area contributed by atoms with Gasteiger partial charge in [0, 0.05) is 19.4 Å². The number of unbranched alkanes of at least 4 members (excludes halogenated alkanes) is 11. The number of nitrogens with zero attached hydrogens (tertiary/aromatic N) is 1. The van der Waals surface area contributed by atoms with Crippen LogP contribution in [0.4, 0.5) is 0 Å². The first-order valence-corrected chi connectivity index (χ1v) is 16.3. The molecule has 9 nitrogen and oxygen atoms in total. The molecule has 240 valence electrons. The molecule has 1 aromatic rings. The monoisotopic (exact) mass is 599 g/mol. The van der Waals surface area contributed by atoms with Crippen LogP contribution in [-0.2, 0) is 25.6 Å². The van der Waals surface area contributed by atoms with E-state index >= 15 is 0 Å². The van der Waals surface area contributed by atoms with Gasteiger partial charge in [0.2, 0.25) is 17.7 Å². The summed E-state index contributed by atoms with van der Waals surface area (Å²) in [5.41, 5.74) is 0.640. The molecule has 0 spiro atoms. The van der Waals surface area contributed by atoms with Gasteiger partial charge < -0.3 is 25.7 Å². The molecule has 1 aliphatic heterocycles. The van der Waals surface area contributed by atoms with Crippen molar-refractivity contribution in [3.63, 3.8) is 0 Å². The van der Waals surface area contributed by atoms with Gasteiger partial charge in [0.05, 0.1) is 6.54 Å². The molecule has 0 aromatic heterocycles. The Morgan fingerprint density at radius 2 is 1.51 bits per heavy atom. The van der Waals surface area contributed by atoms with Crippen molar-refractivity contribution in [1.82, 2.24) is 15.5 Å². The van der Waals surface area contributed by atoms with Crippen LogP contribution in [0.5, 0.6) is 5.75 Å². The van der Waals surface area contributed by atoms with Gasteiger partial charge in [-0.2, -0.15) is 0 Å². The normalized spacial score (nSPS) is 15.5. The van der Waals surface area contributed by atoms with Gasteiger partial charge in [-0.25, -0.2) is 4.79 Å². The number of aromatic hydroxyl groups is 1. The van der Waals surface area contributed by atoms with Gasteiger partial charge in [0.1, 0.15) is 17.8 Å². The highest BCUT2D eigenvalue weighted by atomic mass is 16.4. The average Bonchev–Trinajstić information content (AvgIpc) is 3.49. The first kappa shape index (κ1) is 35.8. The summed E-state index contributed by atoms with van der Waals surface area (Å²) in [5, 5.41) is 23.9. The SMILES string of the molecule is CCCCCCCC/C=C\CCCCCCCC(=O)N1CCC[C@H]1C(=O)NCC(=O)NC(Cc1ccc(O)cc1)C(=O)O. The second kappa shape index (κ2) is 21.3. The van der Waals surface area contributed by atoms with Gasteiger partial charge in [-0.3, -0.25) is 14.4 Å². The Morgan fingerprint density at radius 1 is 0.907 bits per heavy atom. The van der Waals surface area contributed by atoms with Gasteiger partial charge in [-0.1, -0.05) is 82.6 Å². The van der Waals surface area contributed by atoms with Crippen LogP contribution in [-0.4, -0.2) is 64.0 Å². The Labute approximate surface area is 257 Å². The Morgan fingerprint density at radius 3 is 2.14 bits per heavy atom. The first-order valence-electron chi connectivity index (χ1n) is 16.3. The fourth-order valence-corrected chi connectivity index (χ4v) is 5.43. The van der Waals surface area contributed by atoms with Gasteiger partial charge in [-0.15, -0.1) is 0 Å². The number of nitrogens with one attached hydrogen (secondary N) is 2. The quantitative estimate of drug-likeness (QED) is 0.100. The van der Waals surface area contributed by atoms with Crippen LogP contribution in [0.2, 0.25) is 0 Å². The maximum absolute atomic E-state index is 12.8. The van der Waals surface area contributed by atoms with E-state index in [0.29, 0.717) is 24.9 Å². The summed E-state index contributed by atoms with van der Waals surface area (Å²) in [7, 11) is 0. The van der Waals surface area contributed by atoms with Crippen LogP contribution in [0.15, 0.2) is 36.4 Å². The van der Waals surface area contributed by atoms with E-state index in [0.717, 1.165) is 38.5 Å². The molecule has 2 atom stereocenters. The van der Waals surface area contributed by atoms with Crippen molar-refractivity contribution in [1.29, 1.82) is 0 Å². The molecule has 1 heterocycles. The van der Waals surface area contributed by atoms with Crippen molar-refractivity contribution in [3.05, 3.63) is 42.0 Å². The molecule has 1 aliphatic rings. The molecule has 1 aromatic carbocycles. The number of hydrogen-bond acceptors (Lipinski definition) is 5. The molecule has 43 heavy (non-hydrogen) atoms. The van der Waals surface area contributed by atoms with E-state index in [2.05, 4.69) is 29.7 Å². The number of phenolic OH excluding ortho intramolecular Hbond substituents is 1. The number of carbonyl (C=O) groups excluding carboxylic acids is 3. The summed E-state index contributed by atoms with van der Waals surface area (Å²) in [6.07, 6.45) is 21.9. The van der Waals surface area contributed by atoms with Crippen molar-refractivity contribution in [3.8, 4) is 5.75 Å². The Balaban J connectivity index is 1.59. The molecule has 2 rings (SSSR count). The Bertz CT molecular complexity index is 1010. The highest BCUT2D eigenvalue weighted by Gasteiger charge is 2.33. The molecule has 3 amide bonds. The highest BCUT2D eigenvalue weighted by Crippen LogP contribution is 2.20. The van der Waals surface area contributed by atoms with Gasteiger partial charge in [-0.05, 0) is 62.6 Å². The van der Waals surface area contributed by atoms with Crippen LogP contribution < -0.4 is 10.6 Å². The van der Waals surface area contributed by atoms with Crippen LogP contribution in [0.25, 0.3) is 0 Å². The number of carboxylic acids is 1. The lowest BCUT2D eigenvalue weighted by atomic mass is 10.1. The molecule has 1 fully saturated rings. The lowest BCUT2D eigenvalue weighted by molar-refractivity contribution is -0.142. The van der Waals surface area contributed by atoms with E-state index in [1.54, 1.807) is 17.0 Å². The summed E-state index contributed by atoms with van der Waals surface area (Å²) in [5.74, 6) is -2.18. The zero-order valence-electron chi connectivity index (χ0n) is 26.0. The zero-order chi connectivity index (χ0) is 31.3. The first-order chi connectivity index (χ1) is 20.8. The average molecular weight is 600 g/mol. The van der Waals surface area contributed by atoms with Crippen molar-refractivity contribution in [2.75, 3.05) is 13.1 Å². The number of amides is 3. The van der Waals surface area contributed by atoms with Crippen molar-refractivity contribution in [2.45, 2.75) is 128 Å². The highest BCUT2D eigenvalue weighted by molar-refractivity contribution is 5.92. The lowest BCUT2D eigenvalue weighted by Gasteiger charge is -2.24. The van der Waals surface area contributed by atoms with Gasteiger partial charge >= 0.3 is 5.97 Å². The van der Waals surface area contributed by atoms with Crippen LogP contribution in [0.3, 0.4) is 0 Å². The van der Waals surface area contributed by atoms with Crippen molar-refractivity contribution >= 4 is 23.7 Å².